The average molecular weight is 433 g/mol. The van der Waals surface area contributed by atoms with E-state index < -0.39 is 17.8 Å². The molecule has 0 saturated carbocycles. The second kappa shape index (κ2) is 11.0. The molecule has 1 atom stereocenters. The second-order valence-corrected chi connectivity index (χ2v) is 9.30. The van der Waals surface area contributed by atoms with Crippen LogP contribution in [0.25, 0.3) is 0 Å². The van der Waals surface area contributed by atoms with Crippen molar-refractivity contribution in [3.05, 3.63) is 52.2 Å². The first kappa shape index (κ1) is 23.7. The highest BCUT2D eigenvalue weighted by atomic mass is 32.1. The van der Waals surface area contributed by atoms with E-state index in [1.165, 1.54) is 16.2 Å². The number of nitrogens with one attached hydrogen (secondary N) is 1. The van der Waals surface area contributed by atoms with Crippen molar-refractivity contribution in [3.63, 3.8) is 0 Å². The number of rotatable bonds is 9. The molecule has 30 heavy (non-hydrogen) atoms. The number of carboxylic acid groups (broad SMARTS) is 1. The molecule has 1 aromatic carbocycles. The largest absolute Gasteiger partial charge is 0.465 e. The van der Waals surface area contributed by atoms with E-state index in [-0.39, 0.29) is 6.04 Å². The molecular formula is C23H32N2O4S. The number of benzene rings is 1. The van der Waals surface area contributed by atoms with Crippen molar-refractivity contribution >= 4 is 29.2 Å². The van der Waals surface area contributed by atoms with Crippen molar-refractivity contribution < 1.29 is 19.4 Å². The van der Waals surface area contributed by atoms with Gasteiger partial charge in [-0.2, -0.15) is 0 Å². The first-order valence-corrected chi connectivity index (χ1v) is 11.2. The van der Waals surface area contributed by atoms with Gasteiger partial charge in [0.25, 0.3) is 0 Å². The minimum Gasteiger partial charge on any atom is -0.465 e. The van der Waals surface area contributed by atoms with Gasteiger partial charge in [-0.3, -0.25) is 4.90 Å². The van der Waals surface area contributed by atoms with Crippen LogP contribution in [0, 0.1) is 0 Å². The maximum atomic E-state index is 12.3. The van der Waals surface area contributed by atoms with Gasteiger partial charge in [-0.25, -0.2) is 9.59 Å². The van der Waals surface area contributed by atoms with Crippen molar-refractivity contribution in [2.45, 2.75) is 71.6 Å². The number of ether oxygens (including phenoxy) is 1. The van der Waals surface area contributed by atoms with Gasteiger partial charge in [-0.15, -0.1) is 11.3 Å². The Bertz CT molecular complexity index is 815. The van der Waals surface area contributed by atoms with Crippen molar-refractivity contribution in [1.82, 2.24) is 5.32 Å². The van der Waals surface area contributed by atoms with Crippen molar-refractivity contribution in [1.29, 1.82) is 0 Å². The summed E-state index contributed by atoms with van der Waals surface area (Å²) in [6.45, 7) is 7.89. The molecule has 0 radical (unpaired) electrons. The molecule has 2 rings (SSSR count). The van der Waals surface area contributed by atoms with Gasteiger partial charge in [-0.05, 0) is 56.7 Å². The van der Waals surface area contributed by atoms with Crippen molar-refractivity contribution in [2.24, 2.45) is 0 Å². The molecule has 2 aromatic rings. The minimum atomic E-state index is -0.999. The fraction of sp³-hybridized carbons (Fsp3) is 0.478. The monoisotopic (exact) mass is 432 g/mol. The third kappa shape index (κ3) is 7.71. The normalized spacial score (nSPS) is 12.3. The summed E-state index contributed by atoms with van der Waals surface area (Å²) in [5, 5.41) is 14.7. The van der Waals surface area contributed by atoms with Crippen LogP contribution < -0.4 is 10.2 Å². The Balaban J connectivity index is 2.23. The average Bonchev–Trinajstić information content (AvgIpc) is 3.16. The summed E-state index contributed by atoms with van der Waals surface area (Å²) >= 11 is 1.53. The standard InChI is InChI=1S/C23H32N2O4S/c1-5-6-11-18(24-21(26)29-23(2,3)4)15-17-10-7-8-13-20(17)25(22(27)28)16-19-12-9-14-30-19/h7-10,12-14,18H,5-6,11,15-16H2,1-4H3,(H,24,26)(H,27,28). The Morgan fingerprint density at radius 3 is 2.53 bits per heavy atom. The predicted molar refractivity (Wildman–Crippen MR) is 121 cm³/mol. The number of nitrogens with zero attached hydrogens (tertiary/aromatic N) is 1. The van der Waals surface area contributed by atoms with E-state index in [0.717, 1.165) is 29.7 Å². The summed E-state index contributed by atoms with van der Waals surface area (Å²) in [4.78, 5) is 26.7. The van der Waals surface area contributed by atoms with Crippen LogP contribution >= 0.6 is 11.3 Å². The molecule has 0 fully saturated rings. The molecule has 7 heteroatoms. The Labute approximate surface area is 182 Å². The Morgan fingerprint density at radius 2 is 1.93 bits per heavy atom. The summed E-state index contributed by atoms with van der Waals surface area (Å²) in [6, 6.07) is 11.2. The van der Waals surface area contributed by atoms with E-state index in [1.807, 2.05) is 62.5 Å². The third-order valence-corrected chi connectivity index (χ3v) is 5.36. The first-order chi connectivity index (χ1) is 14.2. The zero-order chi connectivity index (χ0) is 22.1. The van der Waals surface area contributed by atoms with Gasteiger partial charge in [0.05, 0.1) is 12.2 Å². The fourth-order valence-electron chi connectivity index (χ4n) is 3.18. The zero-order valence-electron chi connectivity index (χ0n) is 18.2. The van der Waals surface area contributed by atoms with Crippen LogP contribution in [0.2, 0.25) is 0 Å². The van der Waals surface area contributed by atoms with Crippen LogP contribution in [0.4, 0.5) is 15.3 Å². The molecule has 0 aliphatic rings. The lowest BCUT2D eigenvalue weighted by molar-refractivity contribution is 0.0501. The molecule has 2 amide bonds. The molecule has 0 spiro atoms. The highest BCUT2D eigenvalue weighted by Gasteiger charge is 2.23. The van der Waals surface area contributed by atoms with Gasteiger partial charge in [0.15, 0.2) is 0 Å². The summed E-state index contributed by atoms with van der Waals surface area (Å²) in [5.41, 5.74) is 0.956. The van der Waals surface area contributed by atoms with E-state index in [0.29, 0.717) is 18.7 Å². The molecular weight excluding hydrogens is 400 g/mol. The summed E-state index contributed by atoms with van der Waals surface area (Å²) in [5.74, 6) is 0. The summed E-state index contributed by atoms with van der Waals surface area (Å²) in [6.07, 6.45) is 1.84. The van der Waals surface area contributed by atoms with E-state index in [9.17, 15) is 14.7 Å². The lowest BCUT2D eigenvalue weighted by Crippen LogP contribution is -2.40. The lowest BCUT2D eigenvalue weighted by atomic mass is 9.99. The van der Waals surface area contributed by atoms with Gasteiger partial charge >= 0.3 is 12.2 Å². The van der Waals surface area contributed by atoms with E-state index in [4.69, 9.17) is 4.74 Å². The summed E-state index contributed by atoms with van der Waals surface area (Å²) in [7, 11) is 0. The van der Waals surface area contributed by atoms with Crippen molar-refractivity contribution in [2.75, 3.05) is 4.90 Å². The first-order valence-electron chi connectivity index (χ1n) is 10.3. The molecule has 1 unspecified atom stereocenters. The van der Waals surface area contributed by atoms with E-state index >= 15 is 0 Å². The summed E-state index contributed by atoms with van der Waals surface area (Å²) < 4.78 is 5.42. The second-order valence-electron chi connectivity index (χ2n) is 8.27. The Morgan fingerprint density at radius 1 is 1.20 bits per heavy atom. The minimum absolute atomic E-state index is 0.140. The highest BCUT2D eigenvalue weighted by Crippen LogP contribution is 2.26. The molecule has 1 aromatic heterocycles. The van der Waals surface area contributed by atoms with Crippen LogP contribution in [0.5, 0.6) is 0 Å². The molecule has 0 bridgehead atoms. The molecule has 2 N–H and O–H groups in total. The number of unbranched alkanes of at least 4 members (excludes halogenated alkanes) is 1. The maximum absolute atomic E-state index is 12.3. The lowest BCUT2D eigenvalue weighted by Gasteiger charge is -2.26. The predicted octanol–water partition coefficient (Wildman–Crippen LogP) is 6.06. The molecule has 0 aliphatic heterocycles. The van der Waals surface area contributed by atoms with Gasteiger partial charge in [-0.1, -0.05) is 44.0 Å². The van der Waals surface area contributed by atoms with Crippen molar-refractivity contribution in [3.8, 4) is 0 Å². The molecule has 6 nitrogen and oxygen atoms in total. The van der Waals surface area contributed by atoms with Crippen LogP contribution in [0.1, 0.15) is 57.4 Å². The number of anilines is 1. The van der Waals surface area contributed by atoms with Gasteiger partial charge < -0.3 is 15.2 Å². The topological polar surface area (TPSA) is 78.9 Å². The Kier molecular flexibility index (Phi) is 8.72. The molecule has 1 heterocycles. The molecule has 0 aliphatic carbocycles. The van der Waals surface area contributed by atoms with Crippen LogP contribution in [0.15, 0.2) is 41.8 Å². The SMILES string of the molecule is CCCCC(Cc1ccccc1N(Cc1cccs1)C(=O)O)NC(=O)OC(C)(C)C. The van der Waals surface area contributed by atoms with Crippen LogP contribution in [0.3, 0.4) is 0 Å². The number of hydrogen-bond acceptors (Lipinski definition) is 4. The van der Waals surface area contributed by atoms with E-state index in [1.54, 1.807) is 0 Å². The van der Waals surface area contributed by atoms with Gasteiger partial charge in [0.2, 0.25) is 0 Å². The Hall–Kier alpha value is -2.54. The third-order valence-electron chi connectivity index (χ3n) is 4.50. The number of hydrogen-bond donors (Lipinski definition) is 2. The highest BCUT2D eigenvalue weighted by molar-refractivity contribution is 7.09. The zero-order valence-corrected chi connectivity index (χ0v) is 19.0. The maximum Gasteiger partial charge on any atom is 0.412 e. The van der Waals surface area contributed by atoms with Crippen LogP contribution in [-0.4, -0.2) is 28.9 Å². The molecule has 0 saturated heterocycles. The quantitative estimate of drug-likeness (QED) is 0.505. The van der Waals surface area contributed by atoms with Crippen LogP contribution in [-0.2, 0) is 17.7 Å². The number of carbonyl (C=O) groups is 2. The van der Waals surface area contributed by atoms with E-state index in [2.05, 4.69) is 12.2 Å². The van der Waals surface area contributed by atoms with Gasteiger partial charge in [0.1, 0.15) is 5.60 Å². The number of alkyl carbamates (subject to hydrolysis) is 1. The number of thiophene rings is 1. The number of carbonyl (C=O) groups excluding carboxylic acids is 1. The molecule has 164 valence electrons. The smallest absolute Gasteiger partial charge is 0.412 e. The fourth-order valence-corrected chi connectivity index (χ4v) is 3.87. The number of para-hydroxylation sites is 1. The van der Waals surface area contributed by atoms with Gasteiger partial charge in [0, 0.05) is 10.9 Å². The number of amides is 2.